The van der Waals surface area contributed by atoms with Gasteiger partial charge < -0.3 is 15.6 Å². The van der Waals surface area contributed by atoms with Crippen molar-refractivity contribution in [1.82, 2.24) is 0 Å². The highest BCUT2D eigenvalue weighted by Crippen LogP contribution is 2.41. The molecule has 128 valence electrons. The number of nitrogens with two attached hydrogens (primary N) is 1. The van der Waals surface area contributed by atoms with Crippen molar-refractivity contribution in [3.63, 3.8) is 0 Å². The van der Waals surface area contributed by atoms with Gasteiger partial charge in [-0.3, -0.25) is 9.59 Å². The Balaban J connectivity index is 1.78. The van der Waals surface area contributed by atoms with Crippen LogP contribution in [0.15, 0.2) is 60.7 Å². The van der Waals surface area contributed by atoms with Gasteiger partial charge in [-0.05, 0) is 5.56 Å². The van der Waals surface area contributed by atoms with Crippen LogP contribution in [-0.4, -0.2) is 16.7 Å². The lowest BCUT2D eigenvalue weighted by Crippen LogP contribution is -2.22. The van der Waals surface area contributed by atoms with E-state index in [0.717, 1.165) is 5.56 Å². The van der Waals surface area contributed by atoms with E-state index in [1.807, 2.05) is 30.3 Å². The highest BCUT2D eigenvalue weighted by atomic mass is 16.5. The number of fused-ring (bicyclic) bond motifs is 2. The van der Waals surface area contributed by atoms with E-state index < -0.39 is 11.6 Å². The Labute approximate surface area is 149 Å². The van der Waals surface area contributed by atoms with Crippen molar-refractivity contribution in [2.75, 3.05) is 5.73 Å². The summed E-state index contributed by atoms with van der Waals surface area (Å²) in [6.07, 6.45) is 0. The third kappa shape index (κ3) is 2.41. The maximum atomic E-state index is 12.9. The van der Waals surface area contributed by atoms with E-state index in [4.69, 9.17) is 10.5 Å². The van der Waals surface area contributed by atoms with Crippen LogP contribution in [0.1, 0.15) is 37.4 Å². The normalized spacial score (nSPS) is 12.5. The molecule has 1 aliphatic carbocycles. The van der Waals surface area contributed by atoms with Crippen molar-refractivity contribution in [1.29, 1.82) is 0 Å². The van der Waals surface area contributed by atoms with Gasteiger partial charge in [-0.15, -0.1) is 0 Å². The fraction of sp³-hybridized carbons (Fsp3) is 0.0476. The largest absolute Gasteiger partial charge is 0.507 e. The third-order valence-electron chi connectivity index (χ3n) is 4.42. The summed E-state index contributed by atoms with van der Waals surface area (Å²) in [6.45, 7) is 0.224. The average molecular weight is 345 g/mol. The number of phenolic OH excluding ortho intramolecular Hbond substituents is 1. The van der Waals surface area contributed by atoms with Gasteiger partial charge in [-0.25, -0.2) is 0 Å². The van der Waals surface area contributed by atoms with Gasteiger partial charge in [0.15, 0.2) is 11.6 Å². The quantitative estimate of drug-likeness (QED) is 0.439. The van der Waals surface area contributed by atoms with Crippen molar-refractivity contribution in [2.24, 2.45) is 0 Å². The Morgan fingerprint density at radius 1 is 0.846 bits per heavy atom. The molecular weight excluding hydrogens is 330 g/mol. The highest BCUT2D eigenvalue weighted by molar-refractivity contribution is 6.31. The van der Waals surface area contributed by atoms with Gasteiger partial charge in [-0.1, -0.05) is 54.6 Å². The molecule has 1 aliphatic rings. The molecule has 0 saturated heterocycles. The van der Waals surface area contributed by atoms with Crippen molar-refractivity contribution in [3.05, 3.63) is 88.5 Å². The predicted octanol–water partition coefficient (Wildman–Crippen LogP) is 3.33. The summed E-state index contributed by atoms with van der Waals surface area (Å²) >= 11 is 0. The van der Waals surface area contributed by atoms with Crippen LogP contribution in [0, 0.1) is 0 Å². The minimum Gasteiger partial charge on any atom is -0.507 e. The number of anilines is 1. The molecule has 5 heteroatoms. The first-order valence-corrected chi connectivity index (χ1v) is 8.08. The van der Waals surface area contributed by atoms with Gasteiger partial charge >= 0.3 is 0 Å². The second-order valence-electron chi connectivity index (χ2n) is 6.04. The summed E-state index contributed by atoms with van der Waals surface area (Å²) in [4.78, 5) is 25.6. The van der Waals surface area contributed by atoms with Gasteiger partial charge in [0, 0.05) is 17.2 Å². The zero-order chi connectivity index (χ0) is 18.3. The second kappa shape index (κ2) is 6.04. The number of phenols is 1. The first-order chi connectivity index (χ1) is 12.6. The van der Waals surface area contributed by atoms with Crippen LogP contribution in [0.4, 0.5) is 5.69 Å². The van der Waals surface area contributed by atoms with Gasteiger partial charge in [0.2, 0.25) is 0 Å². The number of ether oxygens (including phenoxy) is 1. The molecule has 0 unspecified atom stereocenters. The maximum Gasteiger partial charge on any atom is 0.198 e. The van der Waals surface area contributed by atoms with E-state index in [9.17, 15) is 14.7 Å². The molecule has 0 atom stereocenters. The number of rotatable bonds is 3. The van der Waals surface area contributed by atoms with E-state index in [2.05, 4.69) is 0 Å². The molecular formula is C21H15NO4. The molecule has 0 saturated carbocycles. The summed E-state index contributed by atoms with van der Waals surface area (Å²) in [5.74, 6) is -0.960. The van der Waals surface area contributed by atoms with Crippen molar-refractivity contribution >= 4 is 17.3 Å². The zero-order valence-corrected chi connectivity index (χ0v) is 13.7. The molecule has 5 nitrogen and oxygen atoms in total. The first-order valence-electron chi connectivity index (χ1n) is 8.08. The minimum atomic E-state index is -0.422. The topological polar surface area (TPSA) is 89.6 Å². The zero-order valence-electron chi connectivity index (χ0n) is 13.7. The Morgan fingerprint density at radius 2 is 1.42 bits per heavy atom. The van der Waals surface area contributed by atoms with E-state index in [1.165, 1.54) is 6.07 Å². The molecule has 0 amide bonds. The van der Waals surface area contributed by atoms with Crippen LogP contribution in [0.2, 0.25) is 0 Å². The lowest BCUT2D eigenvalue weighted by molar-refractivity contribution is 0.0977. The lowest BCUT2D eigenvalue weighted by atomic mass is 9.82. The Bertz CT molecular complexity index is 1040. The minimum absolute atomic E-state index is 0.00300. The summed E-state index contributed by atoms with van der Waals surface area (Å²) in [7, 11) is 0. The molecule has 3 aromatic rings. The van der Waals surface area contributed by atoms with Gasteiger partial charge in [0.05, 0.1) is 16.8 Å². The van der Waals surface area contributed by atoms with Crippen LogP contribution in [-0.2, 0) is 6.61 Å². The number of hydrogen-bond acceptors (Lipinski definition) is 5. The molecule has 3 aromatic carbocycles. The molecule has 0 aromatic heterocycles. The fourth-order valence-corrected chi connectivity index (χ4v) is 3.13. The first kappa shape index (κ1) is 15.9. The monoisotopic (exact) mass is 345 g/mol. The van der Waals surface area contributed by atoms with Gasteiger partial charge in [0.25, 0.3) is 0 Å². The predicted molar refractivity (Wildman–Crippen MR) is 96.6 cm³/mol. The van der Waals surface area contributed by atoms with E-state index >= 15 is 0 Å². The van der Waals surface area contributed by atoms with E-state index in [0.29, 0.717) is 0 Å². The van der Waals surface area contributed by atoms with Crippen LogP contribution < -0.4 is 10.5 Å². The van der Waals surface area contributed by atoms with Gasteiger partial charge in [-0.2, -0.15) is 0 Å². The Hall–Kier alpha value is -3.60. The van der Waals surface area contributed by atoms with Crippen molar-refractivity contribution in [3.8, 4) is 11.5 Å². The highest BCUT2D eigenvalue weighted by Gasteiger charge is 2.35. The molecule has 26 heavy (non-hydrogen) atoms. The fourth-order valence-electron chi connectivity index (χ4n) is 3.13. The number of aromatic hydroxyl groups is 1. The number of nitrogen functional groups attached to an aromatic ring is 1. The molecule has 0 radical (unpaired) electrons. The van der Waals surface area contributed by atoms with E-state index in [-0.39, 0.29) is 46.0 Å². The number of ketones is 2. The maximum absolute atomic E-state index is 12.9. The summed E-state index contributed by atoms with van der Waals surface area (Å²) in [5.41, 5.74) is 7.57. The number of hydrogen-bond donors (Lipinski definition) is 2. The summed E-state index contributed by atoms with van der Waals surface area (Å²) < 4.78 is 5.69. The third-order valence-corrected chi connectivity index (χ3v) is 4.42. The Morgan fingerprint density at radius 3 is 2.08 bits per heavy atom. The summed E-state index contributed by atoms with van der Waals surface area (Å²) in [6, 6.07) is 17.2. The van der Waals surface area contributed by atoms with E-state index in [1.54, 1.807) is 24.3 Å². The lowest BCUT2D eigenvalue weighted by Gasteiger charge is -2.21. The van der Waals surface area contributed by atoms with Crippen molar-refractivity contribution < 1.29 is 19.4 Å². The summed E-state index contributed by atoms with van der Waals surface area (Å²) in [5, 5.41) is 10.4. The standard InChI is InChI=1S/C21H15NO4/c22-19-16(26-11-12-6-2-1-3-7-12)10-15(23)17-18(19)21(25)14-9-5-4-8-13(14)20(17)24/h1-10,23H,11,22H2. The van der Waals surface area contributed by atoms with Crippen LogP contribution >= 0.6 is 0 Å². The molecule has 4 rings (SSSR count). The van der Waals surface area contributed by atoms with Crippen LogP contribution in [0.3, 0.4) is 0 Å². The van der Waals surface area contributed by atoms with Crippen LogP contribution in [0.25, 0.3) is 0 Å². The van der Waals surface area contributed by atoms with Crippen LogP contribution in [0.5, 0.6) is 11.5 Å². The molecule has 0 heterocycles. The molecule has 0 bridgehead atoms. The SMILES string of the molecule is Nc1c(OCc2ccccc2)cc(O)c2c1C(=O)c1ccccc1C2=O. The molecule has 3 N–H and O–H groups in total. The Kier molecular flexibility index (Phi) is 3.69. The molecule has 0 spiro atoms. The number of carbonyl (C=O) groups excluding carboxylic acids is 2. The number of carbonyl (C=O) groups is 2. The molecule has 0 fully saturated rings. The average Bonchev–Trinajstić information content (AvgIpc) is 2.67. The number of benzene rings is 3. The molecule has 0 aliphatic heterocycles. The van der Waals surface area contributed by atoms with Crippen molar-refractivity contribution in [2.45, 2.75) is 6.61 Å². The smallest absolute Gasteiger partial charge is 0.198 e. The second-order valence-corrected chi connectivity index (χ2v) is 6.04. The van der Waals surface area contributed by atoms with Gasteiger partial charge in [0.1, 0.15) is 18.1 Å².